The third-order valence-corrected chi connectivity index (χ3v) is 3.64. The zero-order valence-corrected chi connectivity index (χ0v) is 12.4. The summed E-state index contributed by atoms with van der Waals surface area (Å²) in [6.07, 6.45) is 0. The van der Waals surface area contributed by atoms with E-state index < -0.39 is 0 Å². The minimum Gasteiger partial charge on any atom is -0.307 e. The monoisotopic (exact) mass is 283 g/mol. The predicted molar refractivity (Wildman–Crippen MR) is 74.6 cm³/mol. The SMILES string of the molecule is CC(NC(C)C(C)(C)C)c1cccc(Br)c1. The zero-order valence-electron chi connectivity index (χ0n) is 10.8. The van der Waals surface area contributed by atoms with E-state index in [2.05, 4.69) is 80.1 Å². The normalized spacial score (nSPS) is 15.9. The van der Waals surface area contributed by atoms with Crippen LogP contribution in [0.1, 0.15) is 46.2 Å². The van der Waals surface area contributed by atoms with Crippen molar-refractivity contribution in [2.45, 2.75) is 46.7 Å². The molecule has 0 aliphatic carbocycles. The van der Waals surface area contributed by atoms with Crippen molar-refractivity contribution >= 4 is 15.9 Å². The second-order valence-electron chi connectivity index (χ2n) is 5.53. The van der Waals surface area contributed by atoms with Gasteiger partial charge in [0.05, 0.1) is 0 Å². The molecule has 0 spiro atoms. The molecule has 1 N–H and O–H groups in total. The van der Waals surface area contributed by atoms with E-state index in [1.165, 1.54) is 5.56 Å². The molecule has 0 saturated carbocycles. The van der Waals surface area contributed by atoms with Crippen molar-refractivity contribution in [2.24, 2.45) is 5.41 Å². The van der Waals surface area contributed by atoms with Crippen LogP contribution in [0.5, 0.6) is 0 Å². The Labute approximate surface area is 108 Å². The van der Waals surface area contributed by atoms with Crippen molar-refractivity contribution in [1.82, 2.24) is 5.32 Å². The van der Waals surface area contributed by atoms with E-state index in [-0.39, 0.29) is 0 Å². The molecule has 1 aromatic carbocycles. The Morgan fingerprint density at radius 2 is 1.81 bits per heavy atom. The van der Waals surface area contributed by atoms with Crippen LogP contribution in [0.3, 0.4) is 0 Å². The summed E-state index contributed by atoms with van der Waals surface area (Å²) in [7, 11) is 0. The van der Waals surface area contributed by atoms with Crippen LogP contribution in [0.2, 0.25) is 0 Å². The maximum Gasteiger partial charge on any atom is 0.0294 e. The van der Waals surface area contributed by atoms with Gasteiger partial charge in [0.2, 0.25) is 0 Å². The number of nitrogens with one attached hydrogen (secondary N) is 1. The van der Waals surface area contributed by atoms with Gasteiger partial charge in [-0.05, 0) is 37.0 Å². The van der Waals surface area contributed by atoms with Gasteiger partial charge in [-0.3, -0.25) is 0 Å². The van der Waals surface area contributed by atoms with E-state index in [0.29, 0.717) is 17.5 Å². The Morgan fingerprint density at radius 1 is 1.19 bits per heavy atom. The van der Waals surface area contributed by atoms with Gasteiger partial charge in [0.15, 0.2) is 0 Å². The highest BCUT2D eigenvalue weighted by atomic mass is 79.9. The van der Waals surface area contributed by atoms with E-state index in [4.69, 9.17) is 0 Å². The van der Waals surface area contributed by atoms with Crippen LogP contribution in [0.25, 0.3) is 0 Å². The van der Waals surface area contributed by atoms with Gasteiger partial charge in [-0.2, -0.15) is 0 Å². The Bertz CT molecular complexity index is 341. The number of hydrogen-bond donors (Lipinski definition) is 1. The van der Waals surface area contributed by atoms with Crippen LogP contribution in [0.15, 0.2) is 28.7 Å². The van der Waals surface area contributed by atoms with Crippen LogP contribution in [0, 0.1) is 5.41 Å². The van der Waals surface area contributed by atoms with Gasteiger partial charge < -0.3 is 5.32 Å². The first-order valence-electron chi connectivity index (χ1n) is 5.82. The summed E-state index contributed by atoms with van der Waals surface area (Å²) < 4.78 is 1.14. The molecule has 0 amide bonds. The second kappa shape index (κ2) is 5.33. The van der Waals surface area contributed by atoms with E-state index in [1.807, 2.05) is 0 Å². The third-order valence-electron chi connectivity index (χ3n) is 3.15. The fourth-order valence-corrected chi connectivity index (χ4v) is 1.91. The van der Waals surface area contributed by atoms with Gasteiger partial charge in [0, 0.05) is 16.6 Å². The van der Waals surface area contributed by atoms with Crippen molar-refractivity contribution in [3.05, 3.63) is 34.3 Å². The molecule has 2 atom stereocenters. The maximum atomic E-state index is 3.64. The van der Waals surface area contributed by atoms with E-state index in [9.17, 15) is 0 Å². The molecule has 90 valence electrons. The van der Waals surface area contributed by atoms with Crippen LogP contribution in [-0.2, 0) is 0 Å². The van der Waals surface area contributed by atoms with Crippen LogP contribution in [-0.4, -0.2) is 6.04 Å². The lowest BCUT2D eigenvalue weighted by molar-refractivity contribution is 0.268. The standard InChI is InChI=1S/C14H22BrN/c1-10(16-11(2)14(3,4)5)12-7-6-8-13(15)9-12/h6-11,16H,1-5H3. The van der Waals surface area contributed by atoms with Crippen molar-refractivity contribution in [1.29, 1.82) is 0 Å². The molecular weight excluding hydrogens is 262 g/mol. The summed E-state index contributed by atoms with van der Waals surface area (Å²) in [5, 5.41) is 3.64. The molecule has 0 fully saturated rings. The molecule has 1 rings (SSSR count). The molecule has 2 heteroatoms. The van der Waals surface area contributed by atoms with E-state index >= 15 is 0 Å². The van der Waals surface area contributed by atoms with E-state index in [0.717, 1.165) is 4.47 Å². The lowest BCUT2D eigenvalue weighted by Crippen LogP contribution is -2.39. The number of benzene rings is 1. The van der Waals surface area contributed by atoms with E-state index in [1.54, 1.807) is 0 Å². The number of rotatable bonds is 3. The summed E-state index contributed by atoms with van der Waals surface area (Å²) >= 11 is 3.51. The Morgan fingerprint density at radius 3 is 2.31 bits per heavy atom. The first kappa shape index (κ1) is 13.7. The minimum atomic E-state index is 0.292. The van der Waals surface area contributed by atoms with Crippen molar-refractivity contribution in [3.8, 4) is 0 Å². The largest absolute Gasteiger partial charge is 0.307 e. The molecule has 0 heterocycles. The highest BCUT2D eigenvalue weighted by Crippen LogP contribution is 2.23. The topological polar surface area (TPSA) is 12.0 Å². The van der Waals surface area contributed by atoms with Crippen molar-refractivity contribution in [2.75, 3.05) is 0 Å². The predicted octanol–water partition coefficient (Wildman–Crippen LogP) is 4.53. The van der Waals surface area contributed by atoms with Gasteiger partial charge in [0.25, 0.3) is 0 Å². The quantitative estimate of drug-likeness (QED) is 0.859. The van der Waals surface area contributed by atoms with Gasteiger partial charge >= 0.3 is 0 Å². The summed E-state index contributed by atoms with van der Waals surface area (Å²) in [6.45, 7) is 11.2. The molecule has 1 nitrogen and oxygen atoms in total. The van der Waals surface area contributed by atoms with Gasteiger partial charge in [-0.25, -0.2) is 0 Å². The van der Waals surface area contributed by atoms with Gasteiger partial charge in [0.1, 0.15) is 0 Å². The first-order chi connectivity index (χ1) is 7.30. The van der Waals surface area contributed by atoms with Crippen LogP contribution in [0.4, 0.5) is 0 Å². The fourth-order valence-electron chi connectivity index (χ4n) is 1.50. The molecule has 2 unspecified atom stereocenters. The molecule has 0 saturated heterocycles. The summed E-state index contributed by atoms with van der Waals surface area (Å²) in [6, 6.07) is 9.35. The maximum absolute atomic E-state index is 3.64. The Kier molecular flexibility index (Phi) is 4.57. The highest BCUT2D eigenvalue weighted by Gasteiger charge is 2.21. The molecule has 0 aromatic heterocycles. The van der Waals surface area contributed by atoms with Crippen LogP contribution >= 0.6 is 15.9 Å². The van der Waals surface area contributed by atoms with Crippen molar-refractivity contribution < 1.29 is 0 Å². The molecule has 0 radical (unpaired) electrons. The minimum absolute atomic E-state index is 0.292. The smallest absolute Gasteiger partial charge is 0.0294 e. The zero-order chi connectivity index (χ0) is 12.3. The lowest BCUT2D eigenvalue weighted by Gasteiger charge is -2.31. The number of halogens is 1. The molecule has 0 aliphatic heterocycles. The second-order valence-corrected chi connectivity index (χ2v) is 6.45. The van der Waals surface area contributed by atoms with Gasteiger partial charge in [-0.15, -0.1) is 0 Å². The summed E-state index contributed by atoms with van der Waals surface area (Å²) in [5.41, 5.74) is 1.62. The Balaban J connectivity index is 2.69. The summed E-state index contributed by atoms with van der Waals surface area (Å²) in [5.74, 6) is 0. The summed E-state index contributed by atoms with van der Waals surface area (Å²) in [4.78, 5) is 0. The molecule has 0 aliphatic rings. The number of hydrogen-bond acceptors (Lipinski definition) is 1. The highest BCUT2D eigenvalue weighted by molar-refractivity contribution is 9.10. The Hall–Kier alpha value is -0.340. The van der Waals surface area contributed by atoms with Crippen LogP contribution < -0.4 is 5.32 Å². The fraction of sp³-hybridized carbons (Fsp3) is 0.571. The average molecular weight is 284 g/mol. The lowest BCUT2D eigenvalue weighted by atomic mass is 9.87. The molecule has 1 aromatic rings. The first-order valence-corrected chi connectivity index (χ1v) is 6.61. The third kappa shape index (κ3) is 3.91. The molecule has 0 bridgehead atoms. The van der Waals surface area contributed by atoms with Gasteiger partial charge in [-0.1, -0.05) is 48.8 Å². The average Bonchev–Trinajstić information content (AvgIpc) is 2.16. The molecular formula is C14H22BrN. The van der Waals surface area contributed by atoms with Crippen molar-refractivity contribution in [3.63, 3.8) is 0 Å². The molecule has 16 heavy (non-hydrogen) atoms.